The molecular formula is C9H13N3O5S. The first-order chi connectivity index (χ1) is 8.36. The fourth-order valence-electron chi connectivity index (χ4n) is 1.31. The van der Waals surface area contributed by atoms with Crippen LogP contribution < -0.4 is 11.1 Å². The third kappa shape index (κ3) is 3.65. The normalized spacial score (nSPS) is 11.2. The molecule has 100 valence electrons. The molecule has 18 heavy (non-hydrogen) atoms. The highest BCUT2D eigenvalue weighted by Crippen LogP contribution is 2.26. The summed E-state index contributed by atoms with van der Waals surface area (Å²) in [6.07, 6.45) is 0.599. The molecule has 1 aromatic carbocycles. The van der Waals surface area contributed by atoms with Gasteiger partial charge in [-0.25, -0.2) is 0 Å². The van der Waals surface area contributed by atoms with Gasteiger partial charge in [0, 0.05) is 18.7 Å². The molecule has 0 aliphatic rings. The van der Waals surface area contributed by atoms with E-state index < -0.39 is 25.6 Å². The number of nitrogens with one attached hydrogen (secondary N) is 1. The third-order valence-electron chi connectivity index (χ3n) is 2.15. The lowest BCUT2D eigenvalue weighted by Crippen LogP contribution is -2.11. The quantitative estimate of drug-likeness (QED) is 0.299. The van der Waals surface area contributed by atoms with Crippen molar-refractivity contribution in [3.63, 3.8) is 0 Å². The summed E-state index contributed by atoms with van der Waals surface area (Å²) < 4.78 is 31.3. The maximum absolute atomic E-state index is 11.1. The van der Waals surface area contributed by atoms with Crippen LogP contribution in [0.5, 0.6) is 0 Å². The number of anilines is 1. The van der Waals surface area contributed by atoms with E-state index in [9.17, 15) is 18.5 Å². The van der Waals surface area contributed by atoms with Crippen molar-refractivity contribution in [3.8, 4) is 0 Å². The zero-order valence-corrected chi connectivity index (χ0v) is 10.2. The smallest absolute Gasteiger partial charge is 0.296 e. The standard InChI is InChI=1S/C9H13N3O5S/c10-4-1-5-11-8-3-2-7(12(13)14)6-9(8)18(15,16)17/h2-3,6,11H,1,4-5,10H2,(H,15,16,17). The number of benzene rings is 1. The highest BCUT2D eigenvalue weighted by atomic mass is 32.2. The van der Waals surface area contributed by atoms with E-state index in [1.165, 1.54) is 6.07 Å². The van der Waals surface area contributed by atoms with E-state index in [0.29, 0.717) is 19.5 Å². The summed E-state index contributed by atoms with van der Waals surface area (Å²) >= 11 is 0. The van der Waals surface area contributed by atoms with E-state index in [-0.39, 0.29) is 5.69 Å². The second-order valence-electron chi connectivity index (χ2n) is 3.48. The average molecular weight is 275 g/mol. The molecule has 9 heteroatoms. The van der Waals surface area contributed by atoms with Crippen molar-refractivity contribution in [2.45, 2.75) is 11.3 Å². The van der Waals surface area contributed by atoms with Gasteiger partial charge in [0.15, 0.2) is 0 Å². The topological polar surface area (TPSA) is 136 Å². The van der Waals surface area contributed by atoms with Gasteiger partial charge in [0.25, 0.3) is 15.8 Å². The fourth-order valence-corrected chi connectivity index (χ4v) is 2.00. The predicted octanol–water partition coefficient (Wildman–Crippen LogP) is 0.602. The molecule has 0 amide bonds. The van der Waals surface area contributed by atoms with Crippen molar-refractivity contribution < 1.29 is 17.9 Å². The monoisotopic (exact) mass is 275 g/mol. The van der Waals surface area contributed by atoms with Gasteiger partial charge < -0.3 is 11.1 Å². The first kappa shape index (κ1) is 14.4. The van der Waals surface area contributed by atoms with E-state index >= 15 is 0 Å². The Kier molecular flexibility index (Phi) is 4.59. The number of hydrogen-bond acceptors (Lipinski definition) is 6. The number of rotatable bonds is 6. The van der Waals surface area contributed by atoms with Crippen LogP contribution in [-0.4, -0.2) is 31.0 Å². The Morgan fingerprint density at radius 1 is 1.44 bits per heavy atom. The first-order valence-corrected chi connectivity index (χ1v) is 6.50. The number of nitro groups is 1. The second-order valence-corrected chi connectivity index (χ2v) is 4.87. The summed E-state index contributed by atoms with van der Waals surface area (Å²) in [6, 6.07) is 3.19. The van der Waals surface area contributed by atoms with E-state index in [4.69, 9.17) is 10.3 Å². The van der Waals surface area contributed by atoms with Gasteiger partial charge in [0.2, 0.25) is 0 Å². The van der Waals surface area contributed by atoms with E-state index in [0.717, 1.165) is 12.1 Å². The highest BCUT2D eigenvalue weighted by Gasteiger charge is 2.19. The van der Waals surface area contributed by atoms with Gasteiger partial charge in [-0.15, -0.1) is 0 Å². The Morgan fingerprint density at radius 2 is 2.11 bits per heavy atom. The van der Waals surface area contributed by atoms with Crippen LogP contribution in [-0.2, 0) is 10.1 Å². The molecule has 0 heterocycles. The number of hydrogen-bond donors (Lipinski definition) is 3. The Labute approximate surface area is 104 Å². The second kappa shape index (κ2) is 5.76. The lowest BCUT2D eigenvalue weighted by Gasteiger charge is -2.09. The fraction of sp³-hybridized carbons (Fsp3) is 0.333. The SMILES string of the molecule is NCCCNc1ccc([N+](=O)[O-])cc1S(=O)(=O)O. The molecule has 0 aliphatic carbocycles. The molecule has 0 fully saturated rings. The van der Waals surface area contributed by atoms with Crippen molar-refractivity contribution in [2.75, 3.05) is 18.4 Å². The van der Waals surface area contributed by atoms with Crippen molar-refractivity contribution in [1.29, 1.82) is 0 Å². The lowest BCUT2D eigenvalue weighted by molar-refractivity contribution is -0.385. The van der Waals surface area contributed by atoms with Crippen LogP contribution in [0.1, 0.15) is 6.42 Å². The van der Waals surface area contributed by atoms with Gasteiger partial charge in [-0.05, 0) is 19.0 Å². The summed E-state index contributed by atoms with van der Waals surface area (Å²) in [4.78, 5) is 9.29. The summed E-state index contributed by atoms with van der Waals surface area (Å²) in [7, 11) is -4.52. The molecule has 8 nitrogen and oxygen atoms in total. The van der Waals surface area contributed by atoms with Crippen molar-refractivity contribution in [3.05, 3.63) is 28.3 Å². The van der Waals surface area contributed by atoms with E-state index in [1.807, 2.05) is 0 Å². The molecule has 1 aromatic rings. The van der Waals surface area contributed by atoms with Gasteiger partial charge in [-0.2, -0.15) is 8.42 Å². The number of nitrogens with two attached hydrogens (primary N) is 1. The van der Waals surface area contributed by atoms with Crippen molar-refractivity contribution in [1.82, 2.24) is 0 Å². The molecule has 0 unspecified atom stereocenters. The average Bonchev–Trinajstić information content (AvgIpc) is 2.28. The maximum Gasteiger partial charge on any atom is 0.296 e. The molecule has 0 bridgehead atoms. The summed E-state index contributed by atoms with van der Waals surface area (Å²) in [5.74, 6) is 0. The first-order valence-electron chi connectivity index (χ1n) is 5.06. The molecule has 1 rings (SSSR count). The van der Waals surface area contributed by atoms with Crippen LogP contribution in [0.4, 0.5) is 11.4 Å². The third-order valence-corrected chi connectivity index (χ3v) is 3.04. The molecule has 0 radical (unpaired) electrons. The number of non-ortho nitro benzene ring substituents is 1. The predicted molar refractivity (Wildman–Crippen MR) is 65.1 cm³/mol. The number of nitrogens with zero attached hydrogens (tertiary/aromatic N) is 1. The van der Waals surface area contributed by atoms with E-state index in [2.05, 4.69) is 5.32 Å². The molecule has 0 aromatic heterocycles. The van der Waals surface area contributed by atoms with Crippen LogP contribution >= 0.6 is 0 Å². The van der Waals surface area contributed by atoms with E-state index in [1.54, 1.807) is 0 Å². The molecular weight excluding hydrogens is 262 g/mol. The Morgan fingerprint density at radius 3 is 2.61 bits per heavy atom. The number of nitro benzene ring substituents is 1. The minimum atomic E-state index is -4.52. The van der Waals surface area contributed by atoms with Gasteiger partial charge in [0.1, 0.15) is 4.90 Å². The Hall–Kier alpha value is -1.71. The van der Waals surface area contributed by atoms with Crippen LogP contribution in [0.15, 0.2) is 23.1 Å². The van der Waals surface area contributed by atoms with Crippen LogP contribution in [0.2, 0.25) is 0 Å². The molecule has 0 saturated carbocycles. The zero-order chi connectivity index (χ0) is 13.8. The minimum absolute atomic E-state index is 0.108. The minimum Gasteiger partial charge on any atom is -0.384 e. The van der Waals surface area contributed by atoms with Crippen LogP contribution in [0, 0.1) is 10.1 Å². The largest absolute Gasteiger partial charge is 0.384 e. The lowest BCUT2D eigenvalue weighted by atomic mass is 10.2. The Bertz CT molecular complexity index is 543. The molecule has 0 aliphatic heterocycles. The zero-order valence-electron chi connectivity index (χ0n) is 9.37. The summed E-state index contributed by atoms with van der Waals surface area (Å²) in [6.45, 7) is 0.817. The summed E-state index contributed by atoms with van der Waals surface area (Å²) in [5, 5.41) is 13.3. The van der Waals surface area contributed by atoms with Crippen molar-refractivity contribution >= 4 is 21.5 Å². The van der Waals surface area contributed by atoms with Gasteiger partial charge in [0.05, 0.1) is 10.6 Å². The maximum atomic E-state index is 11.1. The summed E-state index contributed by atoms with van der Waals surface area (Å²) in [5.41, 5.74) is 4.98. The van der Waals surface area contributed by atoms with Gasteiger partial charge >= 0.3 is 0 Å². The highest BCUT2D eigenvalue weighted by molar-refractivity contribution is 7.86. The van der Waals surface area contributed by atoms with Gasteiger partial charge in [-0.1, -0.05) is 0 Å². The molecule has 0 saturated heterocycles. The molecule has 4 N–H and O–H groups in total. The van der Waals surface area contributed by atoms with Crippen LogP contribution in [0.25, 0.3) is 0 Å². The van der Waals surface area contributed by atoms with Crippen LogP contribution in [0.3, 0.4) is 0 Å². The van der Waals surface area contributed by atoms with Crippen molar-refractivity contribution in [2.24, 2.45) is 5.73 Å². The molecule has 0 atom stereocenters. The molecule has 0 spiro atoms. The van der Waals surface area contributed by atoms with Gasteiger partial charge in [-0.3, -0.25) is 14.7 Å². The Balaban J connectivity index is 3.14.